The van der Waals surface area contributed by atoms with Crippen molar-refractivity contribution in [3.63, 3.8) is 0 Å². The second kappa shape index (κ2) is 10.5. The number of carbonyl (C=O) groups is 2. The van der Waals surface area contributed by atoms with Crippen molar-refractivity contribution in [2.75, 3.05) is 47.0 Å². The molecule has 172 valence electrons. The third-order valence-corrected chi connectivity index (χ3v) is 6.89. The van der Waals surface area contributed by atoms with Crippen molar-refractivity contribution >= 4 is 11.9 Å². The van der Waals surface area contributed by atoms with E-state index in [4.69, 9.17) is 9.47 Å². The van der Waals surface area contributed by atoms with E-state index in [1.54, 1.807) is 14.2 Å². The zero-order chi connectivity index (χ0) is 22.4. The summed E-state index contributed by atoms with van der Waals surface area (Å²) >= 11 is 0. The predicted octanol–water partition coefficient (Wildman–Crippen LogP) is 2.93. The third kappa shape index (κ3) is 5.21. The number of likely N-dealkylation sites (tertiary alicyclic amines) is 1. The van der Waals surface area contributed by atoms with Crippen LogP contribution in [0.5, 0.6) is 5.75 Å². The summed E-state index contributed by atoms with van der Waals surface area (Å²) in [7, 11) is 3.21. The van der Waals surface area contributed by atoms with Gasteiger partial charge in [0, 0.05) is 20.1 Å². The maximum absolute atomic E-state index is 13.6. The van der Waals surface area contributed by atoms with Crippen LogP contribution in [0, 0.1) is 11.8 Å². The molecule has 31 heavy (non-hydrogen) atoms. The second-order valence-electron chi connectivity index (χ2n) is 8.97. The Balaban J connectivity index is 1.83. The molecular weight excluding hydrogens is 394 g/mol. The molecule has 7 heteroatoms. The highest BCUT2D eigenvalue weighted by Gasteiger charge is 2.55. The van der Waals surface area contributed by atoms with E-state index in [0.29, 0.717) is 18.9 Å². The molecule has 1 aromatic carbocycles. The van der Waals surface area contributed by atoms with Gasteiger partial charge in [0.05, 0.1) is 20.3 Å². The first-order chi connectivity index (χ1) is 14.9. The quantitative estimate of drug-likeness (QED) is 0.577. The first-order valence-electron chi connectivity index (χ1n) is 11.4. The van der Waals surface area contributed by atoms with Crippen molar-refractivity contribution in [3.05, 3.63) is 29.8 Å². The maximum atomic E-state index is 13.6. The van der Waals surface area contributed by atoms with Gasteiger partial charge in [-0.1, -0.05) is 32.4 Å². The summed E-state index contributed by atoms with van der Waals surface area (Å²) < 4.78 is 10.5. The van der Waals surface area contributed by atoms with Gasteiger partial charge in [-0.3, -0.25) is 9.69 Å². The molecule has 0 radical (unpaired) electrons. The number of carbonyl (C=O) groups excluding carboxylic acids is 2. The number of nitrogens with zero attached hydrogens (tertiary/aromatic N) is 2. The number of piperidine rings is 1. The fourth-order valence-electron chi connectivity index (χ4n) is 4.85. The fourth-order valence-corrected chi connectivity index (χ4v) is 4.85. The van der Waals surface area contributed by atoms with Crippen molar-refractivity contribution in [3.8, 4) is 5.75 Å². The number of rotatable bonds is 10. The van der Waals surface area contributed by atoms with Gasteiger partial charge in [-0.25, -0.2) is 4.79 Å². The van der Waals surface area contributed by atoms with Crippen LogP contribution in [0.2, 0.25) is 0 Å². The lowest BCUT2D eigenvalue weighted by Crippen LogP contribution is -2.57. The normalized spacial score (nSPS) is 23.8. The summed E-state index contributed by atoms with van der Waals surface area (Å²) in [6.07, 6.45) is 3.42. The molecule has 0 bridgehead atoms. The predicted molar refractivity (Wildman–Crippen MR) is 120 cm³/mol. The monoisotopic (exact) mass is 431 g/mol. The minimum absolute atomic E-state index is 0.0934. The van der Waals surface area contributed by atoms with Crippen molar-refractivity contribution in [2.45, 2.75) is 45.1 Å². The van der Waals surface area contributed by atoms with E-state index in [2.05, 4.69) is 24.1 Å². The molecule has 2 atom stereocenters. The maximum Gasteiger partial charge on any atom is 0.325 e. The summed E-state index contributed by atoms with van der Waals surface area (Å²) in [5.74, 6) is 1.39. The van der Waals surface area contributed by atoms with E-state index >= 15 is 0 Å². The fraction of sp³-hybridized carbons (Fsp3) is 0.667. The largest absolute Gasteiger partial charge is 0.497 e. The summed E-state index contributed by atoms with van der Waals surface area (Å²) in [5, 5.41) is 3.12. The lowest BCUT2D eigenvalue weighted by molar-refractivity contribution is -0.134. The number of hydrogen-bond donors (Lipinski definition) is 1. The highest BCUT2D eigenvalue weighted by Crippen LogP contribution is 2.37. The number of methoxy groups -OCH3 is 2. The van der Waals surface area contributed by atoms with Gasteiger partial charge in [-0.2, -0.15) is 0 Å². The molecule has 2 heterocycles. The van der Waals surface area contributed by atoms with Gasteiger partial charge in [0.1, 0.15) is 11.3 Å². The molecule has 0 aromatic heterocycles. The van der Waals surface area contributed by atoms with Crippen LogP contribution in [0.4, 0.5) is 4.79 Å². The van der Waals surface area contributed by atoms with Crippen molar-refractivity contribution in [1.82, 2.24) is 15.1 Å². The molecule has 7 nitrogen and oxygen atoms in total. The van der Waals surface area contributed by atoms with Crippen LogP contribution in [0.25, 0.3) is 0 Å². The van der Waals surface area contributed by atoms with Crippen molar-refractivity contribution < 1.29 is 19.1 Å². The molecule has 0 saturated carbocycles. The van der Waals surface area contributed by atoms with Crippen LogP contribution in [0.1, 0.15) is 38.7 Å². The number of nitrogens with one attached hydrogen (secondary N) is 1. The molecular formula is C24H37N3O4. The Morgan fingerprint density at radius 1 is 1.23 bits per heavy atom. The Hall–Kier alpha value is -2.12. The number of urea groups is 1. The van der Waals surface area contributed by atoms with Crippen LogP contribution in [-0.4, -0.2) is 74.3 Å². The molecule has 0 spiro atoms. The Morgan fingerprint density at radius 2 is 1.97 bits per heavy atom. The van der Waals surface area contributed by atoms with Gasteiger partial charge in [0.2, 0.25) is 0 Å². The van der Waals surface area contributed by atoms with E-state index in [9.17, 15) is 9.59 Å². The highest BCUT2D eigenvalue weighted by molar-refractivity contribution is 6.07. The molecule has 0 aliphatic carbocycles. The van der Waals surface area contributed by atoms with Gasteiger partial charge < -0.3 is 19.7 Å². The van der Waals surface area contributed by atoms with Gasteiger partial charge in [-0.05, 0) is 55.5 Å². The van der Waals surface area contributed by atoms with Gasteiger partial charge in [0.25, 0.3) is 5.91 Å². The summed E-state index contributed by atoms with van der Waals surface area (Å²) in [5.41, 5.74) is 0.0725. The van der Waals surface area contributed by atoms with E-state index in [1.165, 1.54) is 11.3 Å². The second-order valence-corrected chi connectivity index (χ2v) is 8.97. The van der Waals surface area contributed by atoms with Crippen molar-refractivity contribution in [1.29, 1.82) is 0 Å². The smallest absolute Gasteiger partial charge is 0.325 e. The minimum Gasteiger partial charge on any atom is -0.497 e. The molecule has 2 aliphatic heterocycles. The topological polar surface area (TPSA) is 71.1 Å². The minimum atomic E-state index is -0.917. The zero-order valence-corrected chi connectivity index (χ0v) is 19.4. The van der Waals surface area contributed by atoms with E-state index in [0.717, 1.165) is 43.8 Å². The molecule has 2 saturated heterocycles. The average Bonchev–Trinajstić information content (AvgIpc) is 3.02. The lowest BCUT2D eigenvalue weighted by atomic mass is 9.73. The zero-order valence-electron chi connectivity index (χ0n) is 19.4. The van der Waals surface area contributed by atoms with Gasteiger partial charge in [0.15, 0.2) is 0 Å². The van der Waals surface area contributed by atoms with E-state index in [-0.39, 0.29) is 24.4 Å². The highest BCUT2D eigenvalue weighted by atomic mass is 16.5. The van der Waals surface area contributed by atoms with Crippen LogP contribution >= 0.6 is 0 Å². The summed E-state index contributed by atoms with van der Waals surface area (Å²) in [6.45, 7) is 8.11. The van der Waals surface area contributed by atoms with E-state index < -0.39 is 5.54 Å². The number of imide groups is 1. The molecule has 2 aliphatic rings. The Kier molecular flexibility index (Phi) is 7.94. The van der Waals surface area contributed by atoms with Crippen LogP contribution < -0.4 is 10.1 Å². The Labute approximate surface area is 186 Å². The lowest BCUT2D eigenvalue weighted by Gasteiger charge is -2.41. The Morgan fingerprint density at radius 3 is 2.61 bits per heavy atom. The number of ether oxygens (including phenoxy) is 2. The summed E-state index contributed by atoms with van der Waals surface area (Å²) in [4.78, 5) is 30.3. The average molecular weight is 432 g/mol. The van der Waals surface area contributed by atoms with Crippen molar-refractivity contribution in [2.24, 2.45) is 11.8 Å². The molecule has 1 N–H and O–H groups in total. The number of benzene rings is 1. The first-order valence-corrected chi connectivity index (χ1v) is 11.4. The molecule has 3 amide bonds. The number of amides is 3. The first kappa shape index (κ1) is 23.5. The molecule has 0 unspecified atom stereocenters. The third-order valence-electron chi connectivity index (χ3n) is 6.89. The van der Waals surface area contributed by atoms with E-state index in [1.807, 2.05) is 24.3 Å². The van der Waals surface area contributed by atoms with Crippen LogP contribution in [-0.2, 0) is 16.0 Å². The molecule has 1 aromatic rings. The summed E-state index contributed by atoms with van der Waals surface area (Å²) in [6, 6.07) is 7.47. The molecule has 3 rings (SSSR count). The Bertz CT molecular complexity index is 763. The standard InChI is InChI=1S/C24H37N3O4/c1-5-18(2)17-26-11-9-20(10-12-26)24(16-19-7-6-8-21(15-19)31-4)22(28)27(13-14-30-3)23(29)25-24/h6-8,15,18,20H,5,9-14,16-17H2,1-4H3,(H,25,29)/t18-,24+/m0/s1. The van der Waals surface area contributed by atoms with Crippen LogP contribution in [0.15, 0.2) is 24.3 Å². The number of hydrogen-bond acceptors (Lipinski definition) is 5. The van der Waals surface area contributed by atoms with Gasteiger partial charge >= 0.3 is 6.03 Å². The SMILES string of the molecule is CC[C@H](C)CN1CCC([C@@]2(Cc3cccc(OC)c3)NC(=O)N(CCOC)C2=O)CC1. The van der Waals surface area contributed by atoms with Gasteiger partial charge in [-0.15, -0.1) is 0 Å². The van der Waals surface area contributed by atoms with Crippen LogP contribution in [0.3, 0.4) is 0 Å². The molecule has 2 fully saturated rings.